The lowest BCUT2D eigenvalue weighted by Crippen LogP contribution is -2.26. The van der Waals surface area contributed by atoms with Crippen LogP contribution in [0.3, 0.4) is 0 Å². The largest absolute Gasteiger partial charge is 0.497 e. The number of aldehydes is 1. The first kappa shape index (κ1) is 12.5. The van der Waals surface area contributed by atoms with E-state index in [0.717, 1.165) is 0 Å². The van der Waals surface area contributed by atoms with E-state index < -0.39 is 12.1 Å². The van der Waals surface area contributed by atoms with Gasteiger partial charge in [-0.2, -0.15) is 13.2 Å². The molecule has 2 nitrogen and oxygen atoms in total. The second-order valence-electron chi connectivity index (χ2n) is 3.34. The fourth-order valence-electron chi connectivity index (χ4n) is 1.29. The number of hydrogen-bond acceptors (Lipinski definition) is 2. The fraction of sp³-hybridized carbons (Fsp3) is 0.364. The maximum absolute atomic E-state index is 12.3. The van der Waals surface area contributed by atoms with Gasteiger partial charge < -0.3 is 9.53 Å². The molecule has 0 N–H and O–H groups in total. The fourth-order valence-corrected chi connectivity index (χ4v) is 1.29. The van der Waals surface area contributed by atoms with E-state index in [2.05, 4.69) is 0 Å². The predicted molar refractivity (Wildman–Crippen MR) is 52.3 cm³/mol. The van der Waals surface area contributed by atoms with Gasteiger partial charge in [0.05, 0.1) is 7.11 Å². The molecule has 0 bridgehead atoms. The Morgan fingerprint density at radius 2 is 2.12 bits per heavy atom. The number of ether oxygens (including phenoxy) is 1. The van der Waals surface area contributed by atoms with E-state index in [0.29, 0.717) is 11.3 Å². The molecule has 0 saturated heterocycles. The third-order valence-corrected chi connectivity index (χ3v) is 2.17. The lowest BCUT2D eigenvalue weighted by molar-refractivity contribution is -0.174. The zero-order chi connectivity index (χ0) is 12.2. The quantitative estimate of drug-likeness (QED) is 0.746. The maximum atomic E-state index is 12.3. The van der Waals surface area contributed by atoms with Crippen LogP contribution in [0, 0.1) is 5.92 Å². The highest BCUT2D eigenvalue weighted by Gasteiger charge is 2.39. The van der Waals surface area contributed by atoms with E-state index in [1.807, 2.05) is 0 Å². The standard InChI is InChI=1S/C11H11F3O2/c1-16-10-4-2-3-8(6-10)5-9(7-15)11(12,13)14/h2-4,6-7,9H,5H2,1H3. The van der Waals surface area contributed by atoms with Crippen molar-refractivity contribution < 1.29 is 22.7 Å². The van der Waals surface area contributed by atoms with Gasteiger partial charge in [-0.15, -0.1) is 0 Å². The molecule has 0 radical (unpaired) electrons. The minimum absolute atomic E-state index is 0.0700. The molecule has 1 aromatic carbocycles. The summed E-state index contributed by atoms with van der Waals surface area (Å²) in [5.41, 5.74) is 0.425. The lowest BCUT2D eigenvalue weighted by atomic mass is 10.00. The molecule has 0 aromatic heterocycles. The number of benzene rings is 1. The Hall–Kier alpha value is -1.52. The third kappa shape index (κ3) is 3.25. The number of alkyl halides is 3. The van der Waals surface area contributed by atoms with Crippen molar-refractivity contribution >= 4 is 6.29 Å². The van der Waals surface area contributed by atoms with Gasteiger partial charge in [0.1, 0.15) is 18.0 Å². The smallest absolute Gasteiger partial charge is 0.398 e. The number of hydrogen-bond donors (Lipinski definition) is 0. The van der Waals surface area contributed by atoms with Gasteiger partial charge in [-0.3, -0.25) is 0 Å². The van der Waals surface area contributed by atoms with Crippen molar-refractivity contribution in [3.63, 3.8) is 0 Å². The lowest BCUT2D eigenvalue weighted by Gasteiger charge is -2.14. The van der Waals surface area contributed by atoms with Gasteiger partial charge >= 0.3 is 6.18 Å². The van der Waals surface area contributed by atoms with E-state index in [1.165, 1.54) is 19.2 Å². The van der Waals surface area contributed by atoms with Crippen LogP contribution in [0.15, 0.2) is 24.3 Å². The van der Waals surface area contributed by atoms with Gasteiger partial charge in [0, 0.05) is 0 Å². The Kier molecular flexibility index (Phi) is 3.93. The van der Waals surface area contributed by atoms with Gasteiger partial charge in [-0.25, -0.2) is 0 Å². The Labute approximate surface area is 91.0 Å². The van der Waals surface area contributed by atoms with Crippen molar-refractivity contribution in [3.05, 3.63) is 29.8 Å². The molecule has 0 saturated carbocycles. The molecule has 0 aliphatic rings. The van der Waals surface area contributed by atoms with Crippen LogP contribution in [0.2, 0.25) is 0 Å². The monoisotopic (exact) mass is 232 g/mol. The topological polar surface area (TPSA) is 26.3 Å². The SMILES string of the molecule is COc1cccc(CC(C=O)C(F)(F)F)c1. The highest BCUT2D eigenvalue weighted by Crippen LogP contribution is 2.28. The van der Waals surface area contributed by atoms with Crippen LogP contribution in [-0.2, 0) is 11.2 Å². The van der Waals surface area contributed by atoms with Gasteiger partial charge in [0.25, 0.3) is 0 Å². The molecule has 0 heterocycles. The van der Waals surface area contributed by atoms with Gasteiger partial charge in [0.2, 0.25) is 0 Å². The van der Waals surface area contributed by atoms with Crippen LogP contribution < -0.4 is 4.74 Å². The second-order valence-corrected chi connectivity index (χ2v) is 3.34. The summed E-state index contributed by atoms with van der Waals surface area (Å²) >= 11 is 0. The van der Waals surface area contributed by atoms with Crippen LogP contribution >= 0.6 is 0 Å². The second kappa shape index (κ2) is 5.01. The van der Waals surface area contributed by atoms with Crippen LogP contribution in [-0.4, -0.2) is 19.6 Å². The first-order valence-electron chi connectivity index (χ1n) is 4.62. The summed E-state index contributed by atoms with van der Waals surface area (Å²) in [7, 11) is 1.43. The van der Waals surface area contributed by atoms with Crippen molar-refractivity contribution in [2.75, 3.05) is 7.11 Å². The van der Waals surface area contributed by atoms with Gasteiger partial charge in [-0.05, 0) is 24.1 Å². The molecular formula is C11H11F3O2. The number of carbonyl (C=O) groups is 1. The summed E-state index contributed by atoms with van der Waals surface area (Å²) in [6.07, 6.45) is -4.92. The normalized spacial score (nSPS) is 13.2. The molecule has 1 aromatic rings. The average Bonchev–Trinajstić information content (AvgIpc) is 2.24. The Bertz CT molecular complexity index is 360. The number of halogens is 3. The first-order chi connectivity index (χ1) is 7.47. The van der Waals surface area contributed by atoms with E-state index in [1.54, 1.807) is 12.1 Å². The summed E-state index contributed by atoms with van der Waals surface area (Å²) in [4.78, 5) is 10.4. The number of carbonyl (C=O) groups excluding carboxylic acids is 1. The van der Waals surface area contributed by atoms with E-state index in [9.17, 15) is 18.0 Å². The van der Waals surface area contributed by atoms with Crippen LogP contribution in [0.1, 0.15) is 5.56 Å². The van der Waals surface area contributed by atoms with Crippen molar-refractivity contribution in [1.29, 1.82) is 0 Å². The molecule has 0 spiro atoms. The highest BCUT2D eigenvalue weighted by molar-refractivity contribution is 5.55. The summed E-state index contributed by atoms with van der Waals surface area (Å²) in [5.74, 6) is -1.48. The summed E-state index contributed by atoms with van der Waals surface area (Å²) < 4.78 is 41.9. The molecule has 1 atom stereocenters. The van der Waals surface area contributed by atoms with Crippen molar-refractivity contribution in [2.24, 2.45) is 5.92 Å². The van der Waals surface area contributed by atoms with Gasteiger partial charge in [-0.1, -0.05) is 12.1 Å². The van der Waals surface area contributed by atoms with Crippen molar-refractivity contribution in [3.8, 4) is 5.75 Å². The van der Waals surface area contributed by atoms with E-state index in [-0.39, 0.29) is 12.7 Å². The Morgan fingerprint density at radius 1 is 1.44 bits per heavy atom. The zero-order valence-electron chi connectivity index (χ0n) is 8.62. The number of methoxy groups -OCH3 is 1. The Balaban J connectivity index is 2.82. The predicted octanol–water partition coefficient (Wildman–Crippen LogP) is 2.62. The third-order valence-electron chi connectivity index (χ3n) is 2.17. The molecule has 1 rings (SSSR count). The maximum Gasteiger partial charge on any atom is 0.398 e. The average molecular weight is 232 g/mol. The summed E-state index contributed by atoms with van der Waals surface area (Å²) in [5, 5.41) is 0. The van der Waals surface area contributed by atoms with Crippen LogP contribution in [0.25, 0.3) is 0 Å². The molecule has 1 unspecified atom stereocenters. The molecule has 5 heteroatoms. The minimum atomic E-state index is -4.50. The van der Waals surface area contributed by atoms with Crippen LogP contribution in [0.5, 0.6) is 5.75 Å². The highest BCUT2D eigenvalue weighted by atomic mass is 19.4. The zero-order valence-corrected chi connectivity index (χ0v) is 8.62. The van der Waals surface area contributed by atoms with Crippen molar-refractivity contribution in [2.45, 2.75) is 12.6 Å². The molecule has 0 fully saturated rings. The molecule has 0 amide bonds. The first-order valence-corrected chi connectivity index (χ1v) is 4.62. The van der Waals surface area contributed by atoms with E-state index >= 15 is 0 Å². The van der Waals surface area contributed by atoms with E-state index in [4.69, 9.17) is 4.74 Å². The summed E-state index contributed by atoms with van der Waals surface area (Å²) in [6, 6.07) is 6.24. The Morgan fingerprint density at radius 3 is 2.62 bits per heavy atom. The summed E-state index contributed by atoms with van der Waals surface area (Å²) in [6.45, 7) is 0. The van der Waals surface area contributed by atoms with Crippen molar-refractivity contribution in [1.82, 2.24) is 0 Å². The molecule has 0 aliphatic heterocycles. The minimum Gasteiger partial charge on any atom is -0.497 e. The number of rotatable bonds is 4. The molecule has 0 aliphatic carbocycles. The van der Waals surface area contributed by atoms with Gasteiger partial charge in [0.15, 0.2) is 0 Å². The van der Waals surface area contributed by atoms with Crippen LogP contribution in [0.4, 0.5) is 13.2 Å². The molecular weight excluding hydrogens is 221 g/mol. The molecule has 88 valence electrons. The molecule has 16 heavy (non-hydrogen) atoms.